The van der Waals surface area contributed by atoms with Crippen LogP contribution < -0.4 is 10.5 Å². The summed E-state index contributed by atoms with van der Waals surface area (Å²) < 4.78 is 66.4. The highest BCUT2D eigenvalue weighted by molar-refractivity contribution is 7.89. The molecule has 0 radical (unpaired) electrons. The summed E-state index contributed by atoms with van der Waals surface area (Å²) in [6.45, 7) is -0.106. The van der Waals surface area contributed by atoms with Gasteiger partial charge in [-0.25, -0.2) is 26.3 Å². The van der Waals surface area contributed by atoms with E-state index in [0.29, 0.717) is 25.0 Å². The van der Waals surface area contributed by atoms with E-state index in [2.05, 4.69) is 4.72 Å². The maximum absolute atomic E-state index is 13.6. The SMILES string of the molecule is Cl.NC1(CNS(=O)(=O)c2c(F)cc(F)cc2F)CCCCCC1. The molecule has 0 atom stereocenters. The van der Waals surface area contributed by atoms with Crippen LogP contribution >= 0.6 is 12.4 Å². The van der Waals surface area contributed by atoms with Crippen molar-refractivity contribution in [3.8, 4) is 0 Å². The number of hydrogen-bond acceptors (Lipinski definition) is 3. The molecule has 2 rings (SSSR count). The van der Waals surface area contributed by atoms with Crippen molar-refractivity contribution >= 4 is 22.4 Å². The fourth-order valence-corrected chi connectivity index (χ4v) is 3.96. The molecule has 1 aromatic rings. The molecule has 3 N–H and O–H groups in total. The summed E-state index contributed by atoms with van der Waals surface area (Å²) in [7, 11) is -4.43. The topological polar surface area (TPSA) is 72.2 Å². The highest BCUT2D eigenvalue weighted by Gasteiger charge is 2.31. The first-order valence-electron chi connectivity index (χ1n) is 7.17. The molecule has 1 aromatic carbocycles. The Labute approximate surface area is 140 Å². The van der Waals surface area contributed by atoms with E-state index in [4.69, 9.17) is 5.73 Å². The van der Waals surface area contributed by atoms with Crippen molar-refractivity contribution in [1.29, 1.82) is 0 Å². The van der Waals surface area contributed by atoms with Gasteiger partial charge in [-0.15, -0.1) is 12.4 Å². The smallest absolute Gasteiger partial charge is 0.246 e. The number of halogens is 4. The first-order chi connectivity index (χ1) is 10.2. The van der Waals surface area contributed by atoms with Crippen molar-refractivity contribution in [1.82, 2.24) is 4.72 Å². The third kappa shape index (κ3) is 5.07. The second-order valence-corrected chi connectivity index (χ2v) is 7.50. The van der Waals surface area contributed by atoms with E-state index >= 15 is 0 Å². The molecule has 23 heavy (non-hydrogen) atoms. The van der Waals surface area contributed by atoms with Crippen molar-refractivity contribution in [2.45, 2.75) is 49.0 Å². The Morgan fingerprint density at radius 2 is 1.52 bits per heavy atom. The number of sulfonamides is 1. The Hall–Kier alpha value is -0.830. The van der Waals surface area contributed by atoms with Gasteiger partial charge in [-0.2, -0.15) is 0 Å². The van der Waals surface area contributed by atoms with Gasteiger partial charge in [0.2, 0.25) is 10.0 Å². The normalized spacial score (nSPS) is 18.1. The van der Waals surface area contributed by atoms with Gasteiger partial charge in [0, 0.05) is 24.2 Å². The molecule has 0 amide bonds. The van der Waals surface area contributed by atoms with E-state index in [1.54, 1.807) is 0 Å². The number of benzene rings is 1. The van der Waals surface area contributed by atoms with Gasteiger partial charge in [0.05, 0.1) is 0 Å². The van der Waals surface area contributed by atoms with Gasteiger partial charge in [-0.05, 0) is 12.8 Å². The number of rotatable bonds is 4. The van der Waals surface area contributed by atoms with Gasteiger partial charge in [0.1, 0.15) is 17.5 Å². The van der Waals surface area contributed by atoms with Crippen LogP contribution in [0.5, 0.6) is 0 Å². The second-order valence-electron chi connectivity index (χ2n) is 5.80. The molecule has 1 aliphatic carbocycles. The van der Waals surface area contributed by atoms with E-state index in [1.807, 2.05) is 0 Å². The Balaban J connectivity index is 0.00000264. The van der Waals surface area contributed by atoms with Crippen molar-refractivity contribution in [3.63, 3.8) is 0 Å². The molecule has 1 aliphatic rings. The fourth-order valence-electron chi connectivity index (χ4n) is 2.71. The number of hydrogen-bond donors (Lipinski definition) is 2. The summed E-state index contributed by atoms with van der Waals surface area (Å²) in [6.07, 6.45) is 5.13. The summed E-state index contributed by atoms with van der Waals surface area (Å²) in [4.78, 5) is -1.17. The molecule has 0 aromatic heterocycles. The molecular formula is C14H20ClF3N2O2S. The lowest BCUT2D eigenvalue weighted by molar-refractivity contribution is 0.368. The van der Waals surface area contributed by atoms with Crippen molar-refractivity contribution in [2.75, 3.05) is 6.54 Å². The molecule has 0 unspecified atom stereocenters. The lowest BCUT2D eigenvalue weighted by Crippen LogP contribution is -2.49. The molecule has 4 nitrogen and oxygen atoms in total. The van der Waals surface area contributed by atoms with Crippen LogP contribution in [0.3, 0.4) is 0 Å². The number of nitrogens with two attached hydrogens (primary N) is 1. The van der Waals surface area contributed by atoms with Crippen LogP contribution in [0.4, 0.5) is 13.2 Å². The van der Waals surface area contributed by atoms with Gasteiger partial charge in [-0.3, -0.25) is 0 Å². The van der Waals surface area contributed by atoms with Crippen LogP contribution in [0.2, 0.25) is 0 Å². The lowest BCUT2D eigenvalue weighted by Gasteiger charge is -2.28. The van der Waals surface area contributed by atoms with Gasteiger partial charge < -0.3 is 5.73 Å². The molecule has 9 heteroatoms. The first kappa shape index (κ1) is 20.2. The van der Waals surface area contributed by atoms with Gasteiger partial charge in [0.15, 0.2) is 4.90 Å². The van der Waals surface area contributed by atoms with Gasteiger partial charge in [-0.1, -0.05) is 25.7 Å². The van der Waals surface area contributed by atoms with Crippen molar-refractivity contribution in [2.24, 2.45) is 5.73 Å². The zero-order valence-corrected chi connectivity index (χ0v) is 14.1. The second kappa shape index (κ2) is 7.83. The maximum Gasteiger partial charge on any atom is 0.246 e. The summed E-state index contributed by atoms with van der Waals surface area (Å²) >= 11 is 0. The summed E-state index contributed by atoms with van der Waals surface area (Å²) in [5, 5.41) is 0. The van der Waals surface area contributed by atoms with Crippen molar-refractivity contribution < 1.29 is 21.6 Å². The fraction of sp³-hybridized carbons (Fsp3) is 0.571. The first-order valence-corrected chi connectivity index (χ1v) is 8.65. The maximum atomic E-state index is 13.6. The monoisotopic (exact) mass is 372 g/mol. The zero-order chi connectivity index (χ0) is 16.4. The molecule has 0 spiro atoms. The third-order valence-corrected chi connectivity index (χ3v) is 5.40. The minimum atomic E-state index is -4.43. The average molecular weight is 373 g/mol. The van der Waals surface area contributed by atoms with E-state index in [0.717, 1.165) is 25.7 Å². The zero-order valence-electron chi connectivity index (χ0n) is 12.4. The molecule has 0 saturated heterocycles. The summed E-state index contributed by atoms with van der Waals surface area (Å²) in [6, 6.07) is 0.670. The van der Waals surface area contributed by atoms with E-state index in [1.165, 1.54) is 0 Å². The van der Waals surface area contributed by atoms with E-state index in [-0.39, 0.29) is 19.0 Å². The Morgan fingerprint density at radius 3 is 2.00 bits per heavy atom. The van der Waals surface area contributed by atoms with E-state index in [9.17, 15) is 21.6 Å². The highest BCUT2D eigenvalue weighted by Crippen LogP contribution is 2.25. The average Bonchev–Trinajstić information content (AvgIpc) is 2.61. The van der Waals surface area contributed by atoms with Crippen LogP contribution in [0.25, 0.3) is 0 Å². The van der Waals surface area contributed by atoms with Crippen molar-refractivity contribution in [3.05, 3.63) is 29.6 Å². The van der Waals surface area contributed by atoms with Gasteiger partial charge in [0.25, 0.3) is 0 Å². The summed E-state index contributed by atoms with van der Waals surface area (Å²) in [5.41, 5.74) is 5.44. The molecular weight excluding hydrogens is 353 g/mol. The third-order valence-electron chi connectivity index (χ3n) is 3.95. The highest BCUT2D eigenvalue weighted by atomic mass is 35.5. The predicted octanol–water partition coefficient (Wildman–Crippen LogP) is 2.86. The molecule has 0 aliphatic heterocycles. The lowest BCUT2D eigenvalue weighted by atomic mass is 9.92. The van der Waals surface area contributed by atoms with Crippen LogP contribution in [0.1, 0.15) is 38.5 Å². The molecule has 1 fully saturated rings. The predicted molar refractivity (Wildman–Crippen MR) is 83.4 cm³/mol. The Kier molecular flexibility index (Phi) is 6.88. The summed E-state index contributed by atoms with van der Waals surface area (Å²) in [5.74, 6) is -4.10. The molecule has 0 bridgehead atoms. The van der Waals surface area contributed by atoms with Crippen LogP contribution in [-0.2, 0) is 10.0 Å². The number of nitrogens with one attached hydrogen (secondary N) is 1. The minimum absolute atomic E-state index is 0. The van der Waals surface area contributed by atoms with Crippen LogP contribution in [0, 0.1) is 17.5 Å². The Bertz CT molecular complexity index is 624. The minimum Gasteiger partial charge on any atom is -0.324 e. The molecule has 0 heterocycles. The largest absolute Gasteiger partial charge is 0.324 e. The van der Waals surface area contributed by atoms with E-state index < -0.39 is 37.9 Å². The van der Waals surface area contributed by atoms with Gasteiger partial charge >= 0.3 is 0 Å². The standard InChI is InChI=1S/C14H19F3N2O2S.ClH/c15-10-7-11(16)13(12(17)8-10)22(20,21)19-9-14(18)5-3-1-2-4-6-14;/h7-8,19H,1-6,9,18H2;1H. The Morgan fingerprint density at radius 1 is 1.04 bits per heavy atom. The van der Waals surface area contributed by atoms with Crippen LogP contribution in [-0.4, -0.2) is 20.5 Å². The molecule has 1 saturated carbocycles. The molecule has 132 valence electrons. The van der Waals surface area contributed by atoms with Crippen LogP contribution in [0.15, 0.2) is 17.0 Å². The quantitative estimate of drug-likeness (QED) is 0.798.